The third-order valence-electron chi connectivity index (χ3n) is 2.54. The van der Waals surface area contributed by atoms with Crippen LogP contribution in [0.15, 0.2) is 6.07 Å². The van der Waals surface area contributed by atoms with E-state index in [-0.39, 0.29) is 12.3 Å². The molecule has 0 bridgehead atoms. The number of rotatable bonds is 7. The molecule has 6 nitrogen and oxygen atoms in total. The number of carboxylic acids is 1. The SMILES string of the molecule is Cc1cc(C)n(CCC(=O)NCCCC(=O)O)n1. The van der Waals surface area contributed by atoms with Crippen molar-refractivity contribution in [2.24, 2.45) is 0 Å². The fourth-order valence-electron chi connectivity index (χ4n) is 1.66. The van der Waals surface area contributed by atoms with Crippen molar-refractivity contribution in [1.29, 1.82) is 0 Å². The van der Waals surface area contributed by atoms with Gasteiger partial charge >= 0.3 is 5.97 Å². The van der Waals surface area contributed by atoms with E-state index in [2.05, 4.69) is 10.4 Å². The van der Waals surface area contributed by atoms with Gasteiger partial charge in [0, 0.05) is 31.6 Å². The van der Waals surface area contributed by atoms with Crippen LogP contribution in [0.4, 0.5) is 0 Å². The first-order chi connectivity index (χ1) is 8.49. The largest absolute Gasteiger partial charge is 0.481 e. The van der Waals surface area contributed by atoms with Crippen molar-refractivity contribution in [1.82, 2.24) is 15.1 Å². The Balaban J connectivity index is 2.21. The van der Waals surface area contributed by atoms with E-state index in [0.29, 0.717) is 25.9 Å². The first-order valence-electron chi connectivity index (χ1n) is 5.98. The second kappa shape index (κ2) is 6.78. The number of nitrogens with one attached hydrogen (secondary N) is 1. The summed E-state index contributed by atoms with van der Waals surface area (Å²) in [4.78, 5) is 21.7. The van der Waals surface area contributed by atoms with Crippen LogP contribution in [0.1, 0.15) is 30.7 Å². The molecule has 0 atom stereocenters. The van der Waals surface area contributed by atoms with E-state index in [1.807, 2.05) is 19.9 Å². The fraction of sp³-hybridized carbons (Fsp3) is 0.583. The van der Waals surface area contributed by atoms with Crippen LogP contribution in [0.25, 0.3) is 0 Å². The third-order valence-corrected chi connectivity index (χ3v) is 2.54. The maximum absolute atomic E-state index is 11.5. The van der Waals surface area contributed by atoms with Gasteiger partial charge in [0.1, 0.15) is 0 Å². The lowest BCUT2D eigenvalue weighted by atomic mass is 10.3. The van der Waals surface area contributed by atoms with Gasteiger partial charge in [0.2, 0.25) is 5.91 Å². The monoisotopic (exact) mass is 253 g/mol. The molecular formula is C12H19N3O3. The van der Waals surface area contributed by atoms with Gasteiger partial charge in [-0.05, 0) is 26.3 Å². The predicted molar refractivity (Wildman–Crippen MR) is 66.2 cm³/mol. The quantitative estimate of drug-likeness (QED) is 0.706. The fourth-order valence-corrected chi connectivity index (χ4v) is 1.66. The van der Waals surface area contributed by atoms with Crippen molar-refractivity contribution >= 4 is 11.9 Å². The van der Waals surface area contributed by atoms with Gasteiger partial charge in [0.25, 0.3) is 0 Å². The molecule has 6 heteroatoms. The predicted octanol–water partition coefficient (Wildman–Crippen LogP) is 0.871. The normalized spacial score (nSPS) is 10.3. The van der Waals surface area contributed by atoms with E-state index < -0.39 is 5.97 Å². The minimum Gasteiger partial charge on any atom is -0.481 e. The molecule has 0 fully saturated rings. The van der Waals surface area contributed by atoms with Crippen molar-refractivity contribution in [2.45, 2.75) is 39.7 Å². The zero-order chi connectivity index (χ0) is 13.5. The number of amides is 1. The minimum atomic E-state index is -0.841. The molecule has 0 aliphatic heterocycles. The van der Waals surface area contributed by atoms with Crippen LogP contribution in [0.2, 0.25) is 0 Å². The van der Waals surface area contributed by atoms with Crippen LogP contribution < -0.4 is 5.32 Å². The van der Waals surface area contributed by atoms with Gasteiger partial charge in [0.15, 0.2) is 0 Å². The average molecular weight is 253 g/mol. The summed E-state index contributed by atoms with van der Waals surface area (Å²) in [5.41, 5.74) is 1.97. The summed E-state index contributed by atoms with van der Waals surface area (Å²) >= 11 is 0. The lowest BCUT2D eigenvalue weighted by Gasteiger charge is -2.05. The van der Waals surface area contributed by atoms with E-state index >= 15 is 0 Å². The van der Waals surface area contributed by atoms with Crippen molar-refractivity contribution in [2.75, 3.05) is 6.54 Å². The summed E-state index contributed by atoms with van der Waals surface area (Å²) in [6.07, 6.45) is 0.897. The molecule has 0 radical (unpaired) electrons. The molecule has 100 valence electrons. The second-order valence-electron chi connectivity index (χ2n) is 4.25. The number of carbonyl (C=O) groups excluding carboxylic acids is 1. The Hall–Kier alpha value is -1.85. The Labute approximate surface area is 106 Å². The Kier molecular flexibility index (Phi) is 5.35. The molecule has 2 N–H and O–H groups in total. The third kappa shape index (κ3) is 4.99. The number of hydrogen-bond acceptors (Lipinski definition) is 3. The highest BCUT2D eigenvalue weighted by Crippen LogP contribution is 2.02. The minimum absolute atomic E-state index is 0.0760. The second-order valence-corrected chi connectivity index (χ2v) is 4.25. The molecule has 1 rings (SSSR count). The van der Waals surface area contributed by atoms with Crippen LogP contribution in [-0.4, -0.2) is 33.3 Å². The number of carbonyl (C=O) groups is 2. The smallest absolute Gasteiger partial charge is 0.303 e. The van der Waals surface area contributed by atoms with Crippen molar-refractivity contribution in [3.8, 4) is 0 Å². The Morgan fingerprint density at radius 1 is 1.39 bits per heavy atom. The number of aryl methyl sites for hydroxylation is 3. The average Bonchev–Trinajstić information content (AvgIpc) is 2.60. The van der Waals surface area contributed by atoms with Crippen molar-refractivity contribution in [3.63, 3.8) is 0 Å². The summed E-state index contributed by atoms with van der Waals surface area (Å²) in [5.74, 6) is -0.917. The summed E-state index contributed by atoms with van der Waals surface area (Å²) in [7, 11) is 0. The van der Waals surface area contributed by atoms with Gasteiger partial charge in [-0.3, -0.25) is 14.3 Å². The number of aromatic nitrogens is 2. The Morgan fingerprint density at radius 3 is 2.67 bits per heavy atom. The highest BCUT2D eigenvalue weighted by atomic mass is 16.4. The summed E-state index contributed by atoms with van der Waals surface area (Å²) in [5, 5.41) is 15.4. The van der Waals surface area contributed by atoms with Crippen LogP contribution in [-0.2, 0) is 16.1 Å². The summed E-state index contributed by atoms with van der Waals surface area (Å²) in [6, 6.07) is 1.96. The summed E-state index contributed by atoms with van der Waals surface area (Å²) < 4.78 is 1.80. The van der Waals surface area contributed by atoms with Gasteiger partial charge in [-0.15, -0.1) is 0 Å². The van der Waals surface area contributed by atoms with E-state index in [4.69, 9.17) is 5.11 Å². The number of hydrogen-bond donors (Lipinski definition) is 2. The molecule has 0 unspecified atom stereocenters. The molecule has 0 aliphatic rings. The van der Waals surface area contributed by atoms with E-state index in [9.17, 15) is 9.59 Å². The number of aliphatic carboxylic acids is 1. The van der Waals surface area contributed by atoms with Gasteiger partial charge in [0.05, 0.1) is 5.69 Å². The molecule has 1 heterocycles. The molecule has 1 amide bonds. The Morgan fingerprint density at radius 2 is 2.11 bits per heavy atom. The van der Waals surface area contributed by atoms with Crippen molar-refractivity contribution < 1.29 is 14.7 Å². The highest BCUT2D eigenvalue weighted by Gasteiger charge is 2.05. The molecule has 1 aromatic rings. The van der Waals surface area contributed by atoms with E-state index in [1.54, 1.807) is 4.68 Å². The van der Waals surface area contributed by atoms with E-state index in [0.717, 1.165) is 11.4 Å². The van der Waals surface area contributed by atoms with Crippen LogP contribution >= 0.6 is 0 Å². The van der Waals surface area contributed by atoms with Crippen LogP contribution in [0.5, 0.6) is 0 Å². The van der Waals surface area contributed by atoms with Gasteiger partial charge < -0.3 is 10.4 Å². The molecular weight excluding hydrogens is 234 g/mol. The first kappa shape index (κ1) is 14.2. The lowest BCUT2D eigenvalue weighted by molar-refractivity contribution is -0.137. The number of carboxylic acid groups (broad SMARTS) is 1. The molecule has 0 saturated carbocycles. The van der Waals surface area contributed by atoms with Gasteiger partial charge in [-0.1, -0.05) is 0 Å². The zero-order valence-electron chi connectivity index (χ0n) is 10.8. The molecule has 1 aromatic heterocycles. The molecule has 18 heavy (non-hydrogen) atoms. The van der Waals surface area contributed by atoms with Gasteiger partial charge in [-0.2, -0.15) is 5.10 Å². The van der Waals surface area contributed by atoms with Gasteiger partial charge in [-0.25, -0.2) is 0 Å². The maximum Gasteiger partial charge on any atom is 0.303 e. The molecule has 0 aromatic carbocycles. The van der Waals surface area contributed by atoms with Crippen molar-refractivity contribution in [3.05, 3.63) is 17.5 Å². The standard InChI is InChI=1S/C12H19N3O3/c1-9-8-10(2)15(14-9)7-5-11(16)13-6-3-4-12(17)18/h8H,3-7H2,1-2H3,(H,13,16)(H,17,18). The summed E-state index contributed by atoms with van der Waals surface area (Å²) in [6.45, 7) is 4.81. The van der Waals surface area contributed by atoms with Crippen LogP contribution in [0, 0.1) is 13.8 Å². The zero-order valence-corrected chi connectivity index (χ0v) is 10.8. The first-order valence-corrected chi connectivity index (χ1v) is 5.98. The Bertz CT molecular complexity index is 426. The lowest BCUT2D eigenvalue weighted by Crippen LogP contribution is -2.26. The molecule has 0 saturated heterocycles. The molecule has 0 aliphatic carbocycles. The van der Waals surface area contributed by atoms with Crippen LogP contribution in [0.3, 0.4) is 0 Å². The number of nitrogens with zero attached hydrogens (tertiary/aromatic N) is 2. The molecule has 0 spiro atoms. The topological polar surface area (TPSA) is 84.2 Å². The van der Waals surface area contributed by atoms with E-state index in [1.165, 1.54) is 0 Å². The maximum atomic E-state index is 11.5. The highest BCUT2D eigenvalue weighted by molar-refractivity contribution is 5.75.